The first-order valence-corrected chi connectivity index (χ1v) is 10.2. The van der Waals surface area contributed by atoms with Gasteiger partial charge in [-0.1, -0.05) is 62.4 Å². The average molecular weight is 454 g/mol. The fraction of sp³-hybridized carbons (Fsp3) is 0.250. The Morgan fingerprint density at radius 3 is 2.16 bits per heavy atom. The van der Waals surface area contributed by atoms with Crippen LogP contribution < -0.4 is 4.74 Å². The Kier molecular flexibility index (Phi) is 8.75. The molecule has 0 unspecified atom stereocenters. The summed E-state index contributed by atoms with van der Waals surface area (Å²) in [6.07, 6.45) is -1.14. The second-order valence-electron chi connectivity index (χ2n) is 6.28. The van der Waals surface area contributed by atoms with Crippen molar-refractivity contribution in [3.05, 3.63) is 88.6 Å². The van der Waals surface area contributed by atoms with Gasteiger partial charge in [0, 0.05) is 24.3 Å². The zero-order valence-electron chi connectivity index (χ0n) is 17.6. The zero-order valence-corrected chi connectivity index (χ0v) is 18.3. The summed E-state index contributed by atoms with van der Waals surface area (Å²) in [5, 5.41) is 0.354. The van der Waals surface area contributed by atoms with Crippen LogP contribution in [0.2, 0.25) is 0 Å². The third-order valence-corrected chi connectivity index (χ3v) is 4.75. The molecule has 0 amide bonds. The Morgan fingerprint density at radius 1 is 1.06 bits per heavy atom. The van der Waals surface area contributed by atoms with Gasteiger partial charge in [-0.2, -0.15) is 0 Å². The Bertz CT molecular complexity index is 963. The molecular weight excluding hydrogens is 430 g/mol. The van der Waals surface area contributed by atoms with Crippen LogP contribution in [0.5, 0.6) is 5.75 Å². The number of hydrogen-bond acceptors (Lipinski definition) is 2. The highest BCUT2D eigenvalue weighted by molar-refractivity contribution is 6.33. The largest absolute Gasteiger partial charge is 0.487 e. The summed E-state index contributed by atoms with van der Waals surface area (Å²) in [6, 6.07) is 10.8. The summed E-state index contributed by atoms with van der Waals surface area (Å²) in [5.41, 5.74) is 1.58. The van der Waals surface area contributed by atoms with Crippen LogP contribution in [0.15, 0.2) is 65.8 Å². The summed E-state index contributed by atoms with van der Waals surface area (Å²) in [5.74, 6) is -2.18. The van der Waals surface area contributed by atoms with Gasteiger partial charge in [-0.15, -0.1) is 0 Å². The molecule has 0 fully saturated rings. The normalized spacial score (nSPS) is 13.8. The molecule has 166 valence electrons. The number of ether oxygens (including phenoxy) is 1. The predicted octanol–water partition coefficient (Wildman–Crippen LogP) is 7.48. The number of hydrogen-bond donors (Lipinski definition) is 0. The van der Waals surface area contributed by atoms with Crippen LogP contribution in [0.3, 0.4) is 0 Å². The first-order valence-electron chi connectivity index (χ1n) is 9.87. The Hall–Kier alpha value is -2.73. The minimum atomic E-state index is -2.75. The summed E-state index contributed by atoms with van der Waals surface area (Å²) in [4.78, 5) is 1.62. The third kappa shape index (κ3) is 5.50. The van der Waals surface area contributed by atoms with E-state index in [1.807, 2.05) is 19.9 Å². The molecule has 31 heavy (non-hydrogen) atoms. The van der Waals surface area contributed by atoms with Gasteiger partial charge in [0.15, 0.2) is 0 Å². The molecule has 0 spiro atoms. The van der Waals surface area contributed by atoms with E-state index in [-0.39, 0.29) is 17.0 Å². The third-order valence-electron chi connectivity index (χ3n) is 4.43. The summed E-state index contributed by atoms with van der Waals surface area (Å²) < 4.78 is 59.5. The highest BCUT2D eigenvalue weighted by Gasteiger charge is 2.29. The van der Waals surface area contributed by atoms with Crippen molar-refractivity contribution in [2.45, 2.75) is 27.2 Å². The topological polar surface area (TPSA) is 12.5 Å². The molecule has 1 aliphatic heterocycles. The van der Waals surface area contributed by atoms with E-state index in [2.05, 4.69) is 6.58 Å². The van der Waals surface area contributed by atoms with Crippen LogP contribution in [0.25, 0.3) is 11.3 Å². The number of alkyl halides is 2. The number of nitrogens with zero attached hydrogens (tertiary/aromatic N) is 1. The van der Waals surface area contributed by atoms with E-state index in [4.69, 9.17) is 16.3 Å². The minimum Gasteiger partial charge on any atom is -0.487 e. The van der Waals surface area contributed by atoms with Crippen molar-refractivity contribution < 1.29 is 22.3 Å². The maximum atomic E-state index is 15.0. The Labute approximate surface area is 185 Å². The maximum Gasteiger partial charge on any atom is 0.272 e. The second-order valence-corrected chi connectivity index (χ2v) is 6.68. The lowest BCUT2D eigenvalue weighted by Crippen LogP contribution is -2.26. The average Bonchev–Trinajstić information content (AvgIpc) is 2.76. The zero-order chi connectivity index (χ0) is 23.1. The van der Waals surface area contributed by atoms with E-state index >= 15 is 0 Å². The van der Waals surface area contributed by atoms with E-state index in [0.717, 1.165) is 12.1 Å². The van der Waals surface area contributed by atoms with Crippen LogP contribution in [-0.4, -0.2) is 24.5 Å². The van der Waals surface area contributed by atoms with Gasteiger partial charge in [-0.3, -0.25) is 0 Å². The lowest BCUT2D eigenvalue weighted by atomic mass is 9.94. The molecule has 0 N–H and O–H groups in total. The number of halogens is 5. The van der Waals surface area contributed by atoms with Gasteiger partial charge in [-0.25, -0.2) is 17.6 Å². The molecule has 0 radical (unpaired) electrons. The molecule has 3 rings (SSSR count). The first-order chi connectivity index (χ1) is 14.8. The summed E-state index contributed by atoms with van der Waals surface area (Å²) >= 11 is 6.32. The highest BCUT2D eigenvalue weighted by atomic mass is 35.5. The van der Waals surface area contributed by atoms with E-state index in [9.17, 15) is 17.6 Å². The van der Waals surface area contributed by atoms with Crippen molar-refractivity contribution >= 4 is 22.9 Å². The molecule has 7 heteroatoms. The van der Waals surface area contributed by atoms with E-state index < -0.39 is 24.7 Å². The smallest absolute Gasteiger partial charge is 0.272 e. The molecule has 0 aliphatic carbocycles. The highest BCUT2D eigenvalue weighted by Crippen LogP contribution is 2.42. The van der Waals surface area contributed by atoms with Crippen molar-refractivity contribution in [1.82, 2.24) is 4.90 Å². The summed E-state index contributed by atoms with van der Waals surface area (Å²) in [7, 11) is 0. The van der Waals surface area contributed by atoms with Crippen LogP contribution >= 0.6 is 11.6 Å². The number of allylic oxidation sites excluding steroid dienone is 3. The number of rotatable bonds is 6. The fourth-order valence-electron chi connectivity index (χ4n) is 3.16. The molecular formula is C24H24ClF4NO. The molecule has 2 aromatic carbocycles. The van der Waals surface area contributed by atoms with E-state index in [1.165, 1.54) is 0 Å². The van der Waals surface area contributed by atoms with Gasteiger partial charge in [0.1, 0.15) is 24.0 Å². The molecule has 0 saturated carbocycles. The predicted molar refractivity (Wildman–Crippen MR) is 118 cm³/mol. The fourth-order valence-corrected chi connectivity index (χ4v) is 3.37. The van der Waals surface area contributed by atoms with Crippen molar-refractivity contribution in [3.63, 3.8) is 0 Å². The van der Waals surface area contributed by atoms with Crippen LogP contribution in [-0.2, 0) is 0 Å². The van der Waals surface area contributed by atoms with Gasteiger partial charge >= 0.3 is 0 Å². The van der Waals surface area contributed by atoms with Crippen LogP contribution in [0.1, 0.15) is 31.9 Å². The Balaban J connectivity index is 0.00000166. The van der Waals surface area contributed by atoms with Gasteiger partial charge < -0.3 is 9.64 Å². The molecule has 0 saturated heterocycles. The van der Waals surface area contributed by atoms with Crippen molar-refractivity contribution in [2.75, 3.05) is 13.2 Å². The molecule has 0 aromatic heterocycles. The van der Waals surface area contributed by atoms with E-state index in [1.54, 1.807) is 42.2 Å². The van der Waals surface area contributed by atoms with Gasteiger partial charge in [0.25, 0.3) is 6.43 Å². The van der Waals surface area contributed by atoms with Crippen molar-refractivity contribution in [2.24, 2.45) is 0 Å². The molecule has 1 heterocycles. The van der Waals surface area contributed by atoms with Crippen LogP contribution in [0, 0.1) is 11.6 Å². The van der Waals surface area contributed by atoms with Gasteiger partial charge in [0.2, 0.25) is 0 Å². The second kappa shape index (κ2) is 11.0. The number of likely N-dealkylation sites (N-methyl/N-ethyl adjacent to an activating group) is 1. The lowest BCUT2D eigenvalue weighted by Gasteiger charge is -2.34. The van der Waals surface area contributed by atoms with Gasteiger partial charge in [0.05, 0.1) is 22.0 Å². The SMILES string of the molecule is C=C1C(Cl)=CC(c2ccccc2)=C(c2c(F)cc(OCC(F)F)cc2F)N1CC.CC. The van der Waals surface area contributed by atoms with Crippen LogP contribution in [0.4, 0.5) is 17.6 Å². The molecule has 0 bridgehead atoms. The standard InChI is InChI=1S/C22H18ClF4NO.C2H6/c1-3-28-13(2)17(23)11-16(14-7-5-4-6-8-14)22(28)21-18(24)9-15(10-19(21)25)29-12-20(26)27;1-2/h4-11,20H,2-3,12H2,1H3;1-2H3. The van der Waals surface area contributed by atoms with Crippen molar-refractivity contribution in [1.29, 1.82) is 0 Å². The Morgan fingerprint density at radius 2 is 1.65 bits per heavy atom. The number of benzene rings is 2. The quantitative estimate of drug-likeness (QED) is 0.420. The van der Waals surface area contributed by atoms with E-state index in [0.29, 0.717) is 28.4 Å². The summed E-state index contributed by atoms with van der Waals surface area (Å²) in [6.45, 7) is 9.13. The first kappa shape index (κ1) is 24.5. The van der Waals surface area contributed by atoms with Gasteiger partial charge in [-0.05, 0) is 18.6 Å². The van der Waals surface area contributed by atoms with Crippen molar-refractivity contribution in [3.8, 4) is 5.75 Å². The molecule has 2 nitrogen and oxygen atoms in total. The lowest BCUT2D eigenvalue weighted by molar-refractivity contribution is 0.0815. The maximum absolute atomic E-state index is 15.0. The molecule has 2 aromatic rings. The molecule has 1 aliphatic rings. The minimum absolute atomic E-state index is 0.253. The molecule has 0 atom stereocenters. The monoisotopic (exact) mass is 453 g/mol.